The van der Waals surface area contributed by atoms with E-state index in [2.05, 4.69) is 15.6 Å². The van der Waals surface area contributed by atoms with Crippen LogP contribution < -0.4 is 16.4 Å². The lowest BCUT2D eigenvalue weighted by molar-refractivity contribution is -0.120. The lowest BCUT2D eigenvalue weighted by atomic mass is 10.2. The molecule has 104 valence electrons. The molecule has 1 heterocycles. The molecule has 0 saturated carbocycles. The fraction of sp³-hybridized carbons (Fsp3) is 0.462. The van der Waals surface area contributed by atoms with Crippen LogP contribution in [0, 0.1) is 12.8 Å². The number of carbonyl (C=O) groups excluding carboxylic acids is 2. The van der Waals surface area contributed by atoms with E-state index in [1.165, 1.54) is 6.20 Å². The number of anilines is 1. The standard InChI is InChI=1S/C13H20N4O2/c1-8(2)5-16-12(18)7-17-13(19)10-6-15-9(3)4-11(10)14/h4,6,8H,5,7H2,1-3H3,(H2,14,15)(H,16,18)(H,17,19). The van der Waals surface area contributed by atoms with Crippen molar-refractivity contribution in [1.29, 1.82) is 0 Å². The zero-order valence-electron chi connectivity index (χ0n) is 11.5. The number of amides is 2. The predicted molar refractivity (Wildman–Crippen MR) is 73.6 cm³/mol. The minimum Gasteiger partial charge on any atom is -0.398 e. The maximum absolute atomic E-state index is 11.8. The van der Waals surface area contributed by atoms with Crippen molar-refractivity contribution in [3.8, 4) is 0 Å². The van der Waals surface area contributed by atoms with Crippen molar-refractivity contribution in [2.45, 2.75) is 20.8 Å². The maximum atomic E-state index is 11.8. The highest BCUT2D eigenvalue weighted by molar-refractivity contribution is 6.00. The van der Waals surface area contributed by atoms with Crippen LogP contribution >= 0.6 is 0 Å². The lowest BCUT2D eigenvalue weighted by Crippen LogP contribution is -2.38. The molecule has 1 aromatic heterocycles. The Bertz CT molecular complexity index is 472. The van der Waals surface area contributed by atoms with Gasteiger partial charge in [-0.1, -0.05) is 13.8 Å². The van der Waals surface area contributed by atoms with Crippen molar-refractivity contribution in [3.63, 3.8) is 0 Å². The van der Waals surface area contributed by atoms with Crippen molar-refractivity contribution in [3.05, 3.63) is 23.5 Å². The molecule has 0 radical (unpaired) electrons. The second kappa shape index (κ2) is 6.72. The second-order valence-corrected chi connectivity index (χ2v) is 4.79. The molecule has 0 fully saturated rings. The molecule has 0 bridgehead atoms. The molecule has 0 atom stereocenters. The number of hydrogen-bond donors (Lipinski definition) is 3. The van der Waals surface area contributed by atoms with Crippen LogP contribution in [0.5, 0.6) is 0 Å². The molecule has 4 N–H and O–H groups in total. The Hall–Kier alpha value is -2.11. The van der Waals surface area contributed by atoms with Crippen molar-refractivity contribution < 1.29 is 9.59 Å². The third-order valence-corrected chi connectivity index (χ3v) is 2.43. The van der Waals surface area contributed by atoms with Gasteiger partial charge in [-0.3, -0.25) is 14.6 Å². The summed E-state index contributed by atoms with van der Waals surface area (Å²) >= 11 is 0. The lowest BCUT2D eigenvalue weighted by Gasteiger charge is -2.09. The summed E-state index contributed by atoms with van der Waals surface area (Å²) in [5.74, 6) is -0.248. The Morgan fingerprint density at radius 3 is 2.63 bits per heavy atom. The van der Waals surface area contributed by atoms with Crippen LogP contribution in [0.2, 0.25) is 0 Å². The molecule has 1 aromatic rings. The number of pyridine rings is 1. The van der Waals surface area contributed by atoms with Gasteiger partial charge in [0, 0.05) is 24.1 Å². The van der Waals surface area contributed by atoms with Gasteiger partial charge in [0.2, 0.25) is 5.91 Å². The minimum absolute atomic E-state index is 0.0706. The van der Waals surface area contributed by atoms with E-state index < -0.39 is 5.91 Å². The van der Waals surface area contributed by atoms with Crippen LogP contribution in [0.3, 0.4) is 0 Å². The molecule has 0 aliphatic rings. The number of aryl methyl sites for hydroxylation is 1. The van der Waals surface area contributed by atoms with E-state index in [1.54, 1.807) is 13.0 Å². The van der Waals surface area contributed by atoms with Gasteiger partial charge in [-0.25, -0.2) is 0 Å². The van der Waals surface area contributed by atoms with Crippen molar-refractivity contribution in [2.75, 3.05) is 18.8 Å². The SMILES string of the molecule is Cc1cc(N)c(C(=O)NCC(=O)NCC(C)C)cn1. The molecule has 6 nitrogen and oxygen atoms in total. The predicted octanol–water partition coefficient (Wildman–Crippen LogP) is 0.474. The van der Waals surface area contributed by atoms with E-state index in [4.69, 9.17) is 5.73 Å². The van der Waals surface area contributed by atoms with Crippen LogP contribution in [0.25, 0.3) is 0 Å². The molecule has 6 heteroatoms. The Labute approximate surface area is 112 Å². The van der Waals surface area contributed by atoms with Gasteiger partial charge < -0.3 is 16.4 Å². The number of carbonyl (C=O) groups is 2. The van der Waals surface area contributed by atoms with Gasteiger partial charge in [0.15, 0.2) is 0 Å². The molecule has 0 aliphatic carbocycles. The smallest absolute Gasteiger partial charge is 0.255 e. The zero-order valence-corrected chi connectivity index (χ0v) is 11.5. The monoisotopic (exact) mass is 264 g/mol. The number of nitrogens with zero attached hydrogens (tertiary/aromatic N) is 1. The molecular formula is C13H20N4O2. The number of aromatic nitrogens is 1. The first-order chi connectivity index (χ1) is 8.90. The Kier molecular flexibility index (Phi) is 5.29. The molecule has 0 spiro atoms. The van der Waals surface area contributed by atoms with Crippen molar-refractivity contribution in [2.24, 2.45) is 5.92 Å². The van der Waals surface area contributed by atoms with Gasteiger partial charge >= 0.3 is 0 Å². The van der Waals surface area contributed by atoms with Crippen LogP contribution in [0.1, 0.15) is 29.9 Å². The Morgan fingerprint density at radius 1 is 1.37 bits per heavy atom. The fourth-order valence-electron chi connectivity index (χ4n) is 1.41. The highest BCUT2D eigenvalue weighted by Gasteiger charge is 2.11. The highest BCUT2D eigenvalue weighted by atomic mass is 16.2. The number of hydrogen-bond acceptors (Lipinski definition) is 4. The Balaban J connectivity index is 2.49. The minimum atomic E-state index is -0.398. The van der Waals surface area contributed by atoms with Gasteiger partial charge in [-0.2, -0.15) is 0 Å². The number of nitrogen functional groups attached to an aromatic ring is 1. The first kappa shape index (κ1) is 14.9. The van der Waals surface area contributed by atoms with Crippen LogP contribution in [0.4, 0.5) is 5.69 Å². The van der Waals surface area contributed by atoms with E-state index in [0.717, 1.165) is 5.69 Å². The summed E-state index contributed by atoms with van der Waals surface area (Å²) in [7, 11) is 0. The zero-order chi connectivity index (χ0) is 14.4. The molecular weight excluding hydrogens is 244 g/mol. The van der Waals surface area contributed by atoms with Crippen molar-refractivity contribution >= 4 is 17.5 Å². The van der Waals surface area contributed by atoms with Gasteiger partial charge in [-0.15, -0.1) is 0 Å². The van der Waals surface area contributed by atoms with E-state index in [0.29, 0.717) is 18.2 Å². The topological polar surface area (TPSA) is 97.1 Å². The van der Waals surface area contributed by atoms with Crippen molar-refractivity contribution in [1.82, 2.24) is 15.6 Å². The first-order valence-corrected chi connectivity index (χ1v) is 6.17. The normalized spacial score (nSPS) is 10.3. The summed E-state index contributed by atoms with van der Waals surface area (Å²) in [6.45, 7) is 6.30. The maximum Gasteiger partial charge on any atom is 0.255 e. The number of rotatable bonds is 5. The number of nitrogens with one attached hydrogen (secondary N) is 2. The third-order valence-electron chi connectivity index (χ3n) is 2.43. The molecule has 0 aromatic carbocycles. The largest absolute Gasteiger partial charge is 0.398 e. The second-order valence-electron chi connectivity index (χ2n) is 4.79. The third kappa shape index (κ3) is 4.95. The van der Waals surface area contributed by atoms with E-state index >= 15 is 0 Å². The first-order valence-electron chi connectivity index (χ1n) is 6.17. The van der Waals surface area contributed by atoms with Crippen LogP contribution in [0.15, 0.2) is 12.3 Å². The van der Waals surface area contributed by atoms with Gasteiger partial charge in [0.25, 0.3) is 5.91 Å². The molecule has 0 saturated heterocycles. The molecule has 0 unspecified atom stereocenters. The highest BCUT2D eigenvalue weighted by Crippen LogP contribution is 2.10. The molecule has 1 rings (SSSR count). The quantitative estimate of drug-likeness (QED) is 0.720. The fourth-order valence-corrected chi connectivity index (χ4v) is 1.41. The average Bonchev–Trinajstić information content (AvgIpc) is 2.33. The molecule has 2 amide bonds. The summed E-state index contributed by atoms with van der Waals surface area (Å²) in [5.41, 5.74) is 7.10. The number of nitrogens with two attached hydrogens (primary N) is 1. The summed E-state index contributed by atoms with van der Waals surface area (Å²) in [4.78, 5) is 27.3. The summed E-state index contributed by atoms with van der Waals surface area (Å²) in [6.07, 6.45) is 1.41. The van der Waals surface area contributed by atoms with E-state index in [1.807, 2.05) is 13.8 Å². The van der Waals surface area contributed by atoms with Crippen LogP contribution in [-0.4, -0.2) is 29.9 Å². The van der Waals surface area contributed by atoms with Gasteiger partial charge in [-0.05, 0) is 18.9 Å². The summed E-state index contributed by atoms with van der Waals surface area (Å²) in [6, 6.07) is 1.62. The Morgan fingerprint density at radius 2 is 2.05 bits per heavy atom. The molecule has 0 aliphatic heterocycles. The van der Waals surface area contributed by atoms with Crippen LogP contribution in [-0.2, 0) is 4.79 Å². The van der Waals surface area contributed by atoms with Gasteiger partial charge in [0.1, 0.15) is 0 Å². The molecule has 19 heavy (non-hydrogen) atoms. The van der Waals surface area contributed by atoms with E-state index in [-0.39, 0.29) is 18.0 Å². The summed E-state index contributed by atoms with van der Waals surface area (Å²) < 4.78 is 0. The van der Waals surface area contributed by atoms with Gasteiger partial charge in [0.05, 0.1) is 12.1 Å². The van der Waals surface area contributed by atoms with E-state index in [9.17, 15) is 9.59 Å². The summed E-state index contributed by atoms with van der Waals surface area (Å²) in [5, 5.41) is 5.22. The average molecular weight is 264 g/mol.